The molecule has 0 saturated carbocycles. The van der Waals surface area contributed by atoms with E-state index < -0.39 is 0 Å². The van der Waals surface area contributed by atoms with Crippen molar-refractivity contribution in [1.29, 1.82) is 0 Å². The summed E-state index contributed by atoms with van der Waals surface area (Å²) in [4.78, 5) is 19.3. The van der Waals surface area contributed by atoms with E-state index in [9.17, 15) is 4.79 Å². The van der Waals surface area contributed by atoms with Gasteiger partial charge in [0.25, 0.3) is 0 Å². The van der Waals surface area contributed by atoms with Gasteiger partial charge in [0.2, 0.25) is 11.9 Å². The van der Waals surface area contributed by atoms with Crippen LogP contribution in [0.5, 0.6) is 0 Å². The summed E-state index contributed by atoms with van der Waals surface area (Å²) >= 11 is 0. The van der Waals surface area contributed by atoms with Crippen LogP contribution in [0.25, 0.3) is 0 Å². The van der Waals surface area contributed by atoms with Crippen molar-refractivity contribution in [3.63, 3.8) is 0 Å². The number of aliphatic imine (C=N–C) groups is 2. The average Bonchev–Trinajstić information content (AvgIpc) is 2.32. The number of hydrogen-bond donors (Lipinski definition) is 4. The molecule has 0 fully saturated rings. The highest BCUT2D eigenvalue weighted by Gasteiger charge is 2.04. The molecule has 0 aliphatic rings. The second-order valence-electron chi connectivity index (χ2n) is 4.31. The maximum absolute atomic E-state index is 11.5. The maximum atomic E-state index is 11.5. The molecule has 1 rings (SSSR count). The van der Waals surface area contributed by atoms with Gasteiger partial charge in [-0.05, 0) is 31.0 Å². The Morgan fingerprint density at radius 1 is 1.30 bits per heavy atom. The summed E-state index contributed by atoms with van der Waals surface area (Å²) in [5.41, 5.74) is 18.2. The fourth-order valence-corrected chi connectivity index (χ4v) is 1.54. The lowest BCUT2D eigenvalue weighted by Gasteiger charge is -2.07. The zero-order chi connectivity index (χ0) is 15.1. The van der Waals surface area contributed by atoms with E-state index in [1.807, 2.05) is 19.9 Å². The Hall–Kier alpha value is -2.57. The van der Waals surface area contributed by atoms with Crippen molar-refractivity contribution in [1.82, 2.24) is 0 Å². The van der Waals surface area contributed by atoms with E-state index in [1.165, 1.54) is 0 Å². The molecule has 0 unspecified atom stereocenters. The number of aryl methyl sites for hydroxylation is 1. The summed E-state index contributed by atoms with van der Waals surface area (Å²) in [5, 5.41) is 2.79. The first-order chi connectivity index (χ1) is 9.42. The molecule has 0 atom stereocenters. The van der Waals surface area contributed by atoms with Crippen LogP contribution in [0.4, 0.5) is 11.4 Å². The van der Waals surface area contributed by atoms with E-state index in [0.29, 0.717) is 17.8 Å². The fraction of sp³-hybridized carbons (Fsp3) is 0.308. The third kappa shape index (κ3) is 4.97. The van der Waals surface area contributed by atoms with Crippen LogP contribution in [0.2, 0.25) is 0 Å². The molecule has 20 heavy (non-hydrogen) atoms. The van der Waals surface area contributed by atoms with Crippen molar-refractivity contribution < 1.29 is 4.79 Å². The van der Waals surface area contributed by atoms with Gasteiger partial charge in [-0.15, -0.1) is 0 Å². The number of amides is 1. The summed E-state index contributed by atoms with van der Waals surface area (Å²) in [7, 11) is 0. The number of anilines is 1. The van der Waals surface area contributed by atoms with Crippen LogP contribution in [0.1, 0.15) is 25.3 Å². The molecule has 7 heteroatoms. The molecular weight excluding hydrogens is 256 g/mol. The van der Waals surface area contributed by atoms with Gasteiger partial charge in [-0.25, -0.2) is 4.99 Å². The van der Waals surface area contributed by atoms with Gasteiger partial charge in [0.15, 0.2) is 5.96 Å². The van der Waals surface area contributed by atoms with Gasteiger partial charge < -0.3 is 22.5 Å². The molecule has 0 aromatic heterocycles. The topological polar surface area (TPSA) is 132 Å². The van der Waals surface area contributed by atoms with Gasteiger partial charge in [0, 0.05) is 12.1 Å². The van der Waals surface area contributed by atoms with Gasteiger partial charge in [0.05, 0.1) is 5.69 Å². The van der Waals surface area contributed by atoms with Gasteiger partial charge in [-0.2, -0.15) is 4.99 Å². The number of carbonyl (C=O) groups is 1. The lowest BCUT2D eigenvalue weighted by molar-refractivity contribution is -0.116. The summed E-state index contributed by atoms with van der Waals surface area (Å²) in [6, 6.07) is 5.36. The second kappa shape index (κ2) is 7.13. The number of nitrogens with one attached hydrogen (secondary N) is 1. The molecule has 7 nitrogen and oxygen atoms in total. The minimum atomic E-state index is -0.156. The van der Waals surface area contributed by atoms with Crippen LogP contribution < -0.4 is 22.5 Å². The molecule has 0 radical (unpaired) electrons. The largest absolute Gasteiger partial charge is 0.370 e. The summed E-state index contributed by atoms with van der Waals surface area (Å²) in [5.74, 6) is -0.232. The Balaban J connectivity index is 2.97. The zero-order valence-electron chi connectivity index (χ0n) is 11.7. The minimum Gasteiger partial charge on any atom is -0.370 e. The van der Waals surface area contributed by atoms with E-state index in [-0.39, 0.29) is 17.8 Å². The van der Waals surface area contributed by atoms with Crippen LogP contribution in [-0.4, -0.2) is 17.8 Å². The smallest absolute Gasteiger partial charge is 0.224 e. The third-order valence-corrected chi connectivity index (χ3v) is 2.45. The molecule has 0 heterocycles. The minimum absolute atomic E-state index is 0.0369. The lowest BCUT2D eigenvalue weighted by Crippen LogP contribution is -2.26. The molecule has 0 aliphatic carbocycles. The quantitative estimate of drug-likeness (QED) is 0.481. The fourth-order valence-electron chi connectivity index (χ4n) is 1.54. The summed E-state index contributed by atoms with van der Waals surface area (Å²) in [6.07, 6.45) is 1.27. The lowest BCUT2D eigenvalue weighted by atomic mass is 10.2. The van der Waals surface area contributed by atoms with E-state index in [0.717, 1.165) is 12.0 Å². The summed E-state index contributed by atoms with van der Waals surface area (Å²) in [6.45, 7) is 3.82. The van der Waals surface area contributed by atoms with Crippen LogP contribution in [0.15, 0.2) is 28.2 Å². The first-order valence-corrected chi connectivity index (χ1v) is 6.26. The van der Waals surface area contributed by atoms with E-state index >= 15 is 0 Å². The summed E-state index contributed by atoms with van der Waals surface area (Å²) < 4.78 is 0. The molecule has 1 aromatic carbocycles. The predicted octanol–water partition coefficient (Wildman–Crippen LogP) is 0.953. The molecule has 0 saturated heterocycles. The Bertz CT molecular complexity index is 546. The van der Waals surface area contributed by atoms with Crippen molar-refractivity contribution in [2.24, 2.45) is 27.2 Å². The molecule has 1 amide bonds. The highest BCUT2D eigenvalue weighted by atomic mass is 16.1. The highest BCUT2D eigenvalue weighted by Crippen LogP contribution is 2.23. The molecule has 1 aromatic rings. The molecular formula is C13H20N6O. The number of rotatable bonds is 4. The van der Waals surface area contributed by atoms with Gasteiger partial charge in [0.1, 0.15) is 0 Å². The van der Waals surface area contributed by atoms with Crippen molar-refractivity contribution in [2.45, 2.75) is 26.7 Å². The second-order valence-corrected chi connectivity index (χ2v) is 4.31. The molecule has 0 bridgehead atoms. The Morgan fingerprint density at radius 3 is 2.60 bits per heavy atom. The van der Waals surface area contributed by atoms with Crippen molar-refractivity contribution in [3.05, 3.63) is 23.8 Å². The van der Waals surface area contributed by atoms with Crippen molar-refractivity contribution >= 4 is 29.2 Å². The SMILES string of the molecule is CCCC(=O)Nc1ccc(C)c(N=C(N)N=C(N)N)c1. The molecule has 108 valence electrons. The maximum Gasteiger partial charge on any atom is 0.224 e. The first-order valence-electron chi connectivity index (χ1n) is 6.26. The molecule has 0 spiro atoms. The first kappa shape index (κ1) is 15.5. The van der Waals surface area contributed by atoms with E-state index in [4.69, 9.17) is 17.2 Å². The van der Waals surface area contributed by atoms with Crippen LogP contribution in [0.3, 0.4) is 0 Å². The average molecular weight is 276 g/mol. The van der Waals surface area contributed by atoms with E-state index in [1.54, 1.807) is 12.1 Å². The predicted molar refractivity (Wildman–Crippen MR) is 81.8 cm³/mol. The van der Waals surface area contributed by atoms with Gasteiger partial charge in [-0.1, -0.05) is 13.0 Å². The van der Waals surface area contributed by atoms with E-state index in [2.05, 4.69) is 15.3 Å². The molecule has 7 N–H and O–H groups in total. The highest BCUT2D eigenvalue weighted by molar-refractivity contribution is 5.94. The Kier molecular flexibility index (Phi) is 5.52. The van der Waals surface area contributed by atoms with Crippen molar-refractivity contribution in [3.8, 4) is 0 Å². The van der Waals surface area contributed by atoms with Crippen molar-refractivity contribution in [2.75, 3.05) is 5.32 Å². The van der Waals surface area contributed by atoms with Gasteiger partial charge in [-0.3, -0.25) is 4.79 Å². The Morgan fingerprint density at radius 2 is 2.00 bits per heavy atom. The number of carbonyl (C=O) groups excluding carboxylic acids is 1. The number of nitrogens with zero attached hydrogens (tertiary/aromatic N) is 2. The number of nitrogens with two attached hydrogens (primary N) is 3. The number of hydrogen-bond acceptors (Lipinski definition) is 2. The number of benzene rings is 1. The normalized spacial score (nSPS) is 11.0. The van der Waals surface area contributed by atoms with Crippen LogP contribution in [0, 0.1) is 6.92 Å². The van der Waals surface area contributed by atoms with Crippen LogP contribution in [-0.2, 0) is 4.79 Å². The number of guanidine groups is 2. The van der Waals surface area contributed by atoms with Crippen LogP contribution >= 0.6 is 0 Å². The van der Waals surface area contributed by atoms with Gasteiger partial charge >= 0.3 is 0 Å². The molecule has 0 aliphatic heterocycles. The zero-order valence-corrected chi connectivity index (χ0v) is 11.7. The third-order valence-electron chi connectivity index (χ3n) is 2.45. The Labute approximate surface area is 118 Å². The standard InChI is InChI=1S/C13H20N6O/c1-3-4-11(20)17-9-6-5-8(2)10(7-9)18-13(16)19-12(14)15/h5-7H,3-4H2,1-2H3,(H,17,20)(H6,14,15,16,18,19). The monoisotopic (exact) mass is 276 g/mol.